The van der Waals surface area contributed by atoms with Crippen LogP contribution in [-0.4, -0.2) is 15.0 Å². The zero-order valence-electron chi connectivity index (χ0n) is 21.0. The molecule has 0 atom stereocenters. The average molecular weight is 729 g/mol. The fourth-order valence-electron chi connectivity index (χ4n) is 3.43. The van der Waals surface area contributed by atoms with Crippen molar-refractivity contribution in [2.45, 2.75) is 0 Å². The molecule has 3 aromatic heterocycles. The molecule has 0 aliphatic carbocycles. The Kier molecular flexibility index (Phi) is 14.2. The molecule has 39 heavy (non-hydrogen) atoms. The Balaban J connectivity index is 0.000000154. The summed E-state index contributed by atoms with van der Waals surface area (Å²) in [4.78, 5) is 12.7. The molecule has 0 unspecified atom stereocenters. The van der Waals surface area contributed by atoms with Gasteiger partial charge in [0.2, 0.25) is 0 Å². The monoisotopic (exact) mass is 728 g/mol. The summed E-state index contributed by atoms with van der Waals surface area (Å²) >= 11 is -0.556. The van der Waals surface area contributed by atoms with Crippen LogP contribution >= 0.6 is 19.2 Å². The molecule has 0 aliphatic rings. The van der Waals surface area contributed by atoms with E-state index in [2.05, 4.69) is 51.4 Å². The van der Waals surface area contributed by atoms with Crippen LogP contribution in [0.25, 0.3) is 33.8 Å². The number of aromatic nitrogens is 3. The zero-order valence-corrected chi connectivity index (χ0v) is 24.9. The van der Waals surface area contributed by atoms with Crippen molar-refractivity contribution in [2.24, 2.45) is 0 Å². The van der Waals surface area contributed by atoms with Crippen LogP contribution in [0.5, 0.6) is 0 Å². The molecule has 3 heterocycles. The quantitative estimate of drug-likeness (QED) is 0.182. The Hall–Kier alpha value is -3.66. The van der Waals surface area contributed by atoms with Crippen molar-refractivity contribution in [3.8, 4) is 33.8 Å². The molecule has 6 rings (SSSR count). The molecule has 6 aromatic rings. The maximum Gasteiger partial charge on any atom is 0.0701 e. The van der Waals surface area contributed by atoms with Gasteiger partial charge in [-0.25, -0.2) is 0 Å². The van der Waals surface area contributed by atoms with E-state index in [1.54, 1.807) is 0 Å². The smallest absolute Gasteiger partial charge is 0.0701 e. The molecule has 3 aromatic carbocycles. The van der Waals surface area contributed by atoms with E-state index in [0.29, 0.717) is 0 Å². The van der Waals surface area contributed by atoms with Crippen molar-refractivity contribution < 1.29 is 15.7 Å². The molecule has 0 spiro atoms. The molecule has 0 radical (unpaired) electrons. The zero-order chi connectivity index (χ0) is 27.4. The first-order valence-corrected chi connectivity index (χ1v) is 18.0. The molecule has 0 fully saturated rings. The van der Waals surface area contributed by atoms with Crippen LogP contribution in [0.4, 0.5) is 0 Å². The van der Waals surface area contributed by atoms with E-state index in [1.807, 2.05) is 128 Å². The fraction of sp³-hybridized carbons (Fsp3) is 0. The topological polar surface area (TPSA) is 38.7 Å². The van der Waals surface area contributed by atoms with Crippen LogP contribution in [0.3, 0.4) is 0 Å². The molecule has 3 nitrogen and oxygen atoms in total. The van der Waals surface area contributed by atoms with Crippen molar-refractivity contribution in [2.75, 3.05) is 0 Å². The number of benzene rings is 3. The molecule has 197 valence electrons. The Morgan fingerprint density at radius 1 is 0.333 bits per heavy atom. The number of hydrogen-bond donors (Lipinski definition) is 0. The van der Waals surface area contributed by atoms with Gasteiger partial charge < -0.3 is 0 Å². The molecule has 0 bridgehead atoms. The second-order valence-electron chi connectivity index (χ2n) is 7.79. The van der Waals surface area contributed by atoms with Crippen LogP contribution in [0.15, 0.2) is 164 Å². The Morgan fingerprint density at radius 3 is 0.769 bits per heavy atom. The van der Waals surface area contributed by atoms with Crippen molar-refractivity contribution in [3.05, 3.63) is 164 Å². The number of halogens is 2. The second-order valence-corrected chi connectivity index (χ2v) is 11.3. The number of pyridine rings is 3. The van der Waals surface area contributed by atoms with Gasteiger partial charge in [-0.2, -0.15) is 0 Å². The van der Waals surface area contributed by atoms with E-state index in [1.165, 1.54) is 0 Å². The summed E-state index contributed by atoms with van der Waals surface area (Å²) in [5.41, 5.74) is 6.57. The van der Waals surface area contributed by atoms with E-state index in [-0.39, 0.29) is 0 Å². The second kappa shape index (κ2) is 18.6. The fourth-order valence-corrected chi connectivity index (χ4v) is 3.43. The Bertz CT molecular complexity index is 1120. The SMILES string of the molecule is [Cl][Ir][Cl].c1ccc(-c2ccccn2)cc1.c1ccc(-c2ccccn2)cc1.c1ccc(-c2ccccn2)cc1. The first kappa shape index (κ1) is 29.9. The molecular weight excluding hydrogens is 702 g/mol. The number of rotatable bonds is 3. The van der Waals surface area contributed by atoms with Gasteiger partial charge >= 0.3 is 34.8 Å². The summed E-state index contributed by atoms with van der Waals surface area (Å²) in [6.07, 6.45) is 5.42. The first-order valence-electron chi connectivity index (χ1n) is 12.0. The maximum absolute atomic E-state index is 4.89. The van der Waals surface area contributed by atoms with Crippen LogP contribution in [-0.2, 0) is 15.7 Å². The summed E-state index contributed by atoms with van der Waals surface area (Å²) in [5.74, 6) is 0. The van der Waals surface area contributed by atoms with Gasteiger partial charge in [0, 0.05) is 35.3 Å². The molecular formula is C33H27Cl2IrN3. The van der Waals surface area contributed by atoms with E-state index in [4.69, 9.17) is 19.2 Å². The summed E-state index contributed by atoms with van der Waals surface area (Å²) in [5, 5.41) is 0. The summed E-state index contributed by atoms with van der Waals surface area (Å²) in [7, 11) is 9.78. The third-order valence-corrected chi connectivity index (χ3v) is 5.20. The Morgan fingerprint density at radius 2 is 0.564 bits per heavy atom. The third kappa shape index (κ3) is 11.3. The van der Waals surface area contributed by atoms with Gasteiger partial charge in [-0.1, -0.05) is 109 Å². The maximum atomic E-state index is 4.89. The van der Waals surface area contributed by atoms with Crippen LogP contribution in [0, 0.1) is 0 Å². The van der Waals surface area contributed by atoms with Gasteiger partial charge in [0.25, 0.3) is 0 Å². The summed E-state index contributed by atoms with van der Waals surface area (Å²) in [6.45, 7) is 0. The molecule has 0 N–H and O–H groups in total. The molecule has 6 heteroatoms. The van der Waals surface area contributed by atoms with Gasteiger partial charge in [0.1, 0.15) is 0 Å². The van der Waals surface area contributed by atoms with Gasteiger partial charge in [-0.05, 0) is 36.4 Å². The van der Waals surface area contributed by atoms with Gasteiger partial charge in [0.15, 0.2) is 0 Å². The van der Waals surface area contributed by atoms with Crippen molar-refractivity contribution in [3.63, 3.8) is 0 Å². The molecule has 0 saturated carbocycles. The van der Waals surface area contributed by atoms with Crippen molar-refractivity contribution in [1.29, 1.82) is 0 Å². The summed E-state index contributed by atoms with van der Waals surface area (Å²) in [6, 6.07) is 48.3. The normalized spacial score (nSPS) is 9.49. The van der Waals surface area contributed by atoms with E-state index < -0.39 is 15.7 Å². The van der Waals surface area contributed by atoms with Gasteiger partial charge in [0.05, 0.1) is 17.1 Å². The minimum atomic E-state index is -0.556. The molecule has 0 saturated heterocycles. The standard InChI is InChI=1S/3C11H9N.2ClH.Ir/c3*1-2-6-10(7-3-1)11-8-4-5-9-12-11;;;/h3*1-9H;2*1H;/q;;;;;+2/p-2. The number of hydrogen-bond acceptors (Lipinski definition) is 3. The predicted octanol–water partition coefficient (Wildman–Crippen LogP) is 9.62. The van der Waals surface area contributed by atoms with Crippen LogP contribution in [0.2, 0.25) is 0 Å². The molecule has 0 amide bonds. The van der Waals surface area contributed by atoms with E-state index in [9.17, 15) is 0 Å². The predicted molar refractivity (Wildman–Crippen MR) is 161 cm³/mol. The van der Waals surface area contributed by atoms with E-state index in [0.717, 1.165) is 33.8 Å². The number of nitrogens with zero attached hydrogens (tertiary/aromatic N) is 3. The summed E-state index contributed by atoms with van der Waals surface area (Å²) < 4.78 is 0. The van der Waals surface area contributed by atoms with E-state index >= 15 is 0 Å². The minimum absolute atomic E-state index is 0.556. The Labute approximate surface area is 246 Å². The molecule has 0 aliphatic heterocycles. The van der Waals surface area contributed by atoms with Gasteiger partial charge in [-0.15, -0.1) is 0 Å². The van der Waals surface area contributed by atoms with Gasteiger partial charge in [-0.3, -0.25) is 15.0 Å². The average Bonchev–Trinajstić information content (AvgIpc) is 3.05. The van der Waals surface area contributed by atoms with Crippen LogP contribution < -0.4 is 0 Å². The largest absolute Gasteiger partial charge is 0.256 e. The van der Waals surface area contributed by atoms with Crippen molar-refractivity contribution >= 4 is 19.2 Å². The minimum Gasteiger partial charge on any atom is -0.256 e. The first-order chi connectivity index (χ1) is 19.3. The van der Waals surface area contributed by atoms with Crippen molar-refractivity contribution in [1.82, 2.24) is 15.0 Å². The van der Waals surface area contributed by atoms with Crippen LogP contribution in [0.1, 0.15) is 0 Å². The third-order valence-electron chi connectivity index (χ3n) is 5.20.